The first-order chi connectivity index (χ1) is 4.41. The van der Waals surface area contributed by atoms with Crippen molar-refractivity contribution < 1.29 is 4.39 Å². The molecule has 0 heterocycles. The Morgan fingerprint density at radius 2 is 2.00 bits per heavy atom. The van der Waals surface area contributed by atoms with Gasteiger partial charge in [-0.05, 0) is 30.8 Å². The maximum Gasteiger partial charge on any atom is 0.0894 e. The second kappa shape index (κ2) is 8.28. The lowest BCUT2D eigenvalue weighted by Crippen LogP contribution is -1.83. The van der Waals surface area contributed by atoms with Gasteiger partial charge in [0.2, 0.25) is 0 Å². The molecule has 0 aromatic heterocycles. The molecule has 0 aromatic rings. The van der Waals surface area contributed by atoms with Gasteiger partial charge in [0.1, 0.15) is 0 Å². The molecule has 0 fully saturated rings. The molecular formula is C7H15FS. The molecule has 0 N–H and O–H groups in total. The van der Waals surface area contributed by atoms with Crippen molar-refractivity contribution in [1.82, 2.24) is 0 Å². The van der Waals surface area contributed by atoms with E-state index in [9.17, 15) is 4.39 Å². The normalized spacial score (nSPS) is 10.0. The molecule has 9 heavy (non-hydrogen) atoms. The number of rotatable bonds is 6. The molecule has 0 aliphatic heterocycles. The minimum Gasteiger partial charge on any atom is -0.251 e. The summed E-state index contributed by atoms with van der Waals surface area (Å²) in [4.78, 5) is 0. The monoisotopic (exact) mass is 150 g/mol. The summed E-state index contributed by atoms with van der Waals surface area (Å²) in [7, 11) is 0. The van der Waals surface area contributed by atoms with Crippen molar-refractivity contribution in [3.8, 4) is 0 Å². The van der Waals surface area contributed by atoms with E-state index >= 15 is 0 Å². The van der Waals surface area contributed by atoms with Crippen LogP contribution in [-0.2, 0) is 0 Å². The number of hydrogen-bond donors (Lipinski definition) is 0. The molecule has 0 saturated carbocycles. The average Bonchev–Trinajstić information content (AvgIpc) is 1.89. The molecular weight excluding hydrogens is 135 g/mol. The number of thioether (sulfide) groups is 1. The van der Waals surface area contributed by atoms with Crippen LogP contribution in [0.4, 0.5) is 4.39 Å². The molecule has 0 spiro atoms. The predicted molar refractivity (Wildman–Crippen MR) is 42.8 cm³/mol. The highest BCUT2D eigenvalue weighted by atomic mass is 32.2. The molecule has 0 aromatic carbocycles. The van der Waals surface area contributed by atoms with Crippen LogP contribution in [0.5, 0.6) is 0 Å². The van der Waals surface area contributed by atoms with Crippen molar-refractivity contribution in [1.29, 1.82) is 0 Å². The number of alkyl halides is 1. The van der Waals surface area contributed by atoms with Crippen molar-refractivity contribution >= 4 is 11.8 Å². The van der Waals surface area contributed by atoms with Gasteiger partial charge in [0.25, 0.3) is 0 Å². The van der Waals surface area contributed by atoms with Crippen molar-refractivity contribution in [2.24, 2.45) is 0 Å². The molecule has 0 rings (SSSR count). The van der Waals surface area contributed by atoms with E-state index in [0.717, 1.165) is 18.6 Å². The fourth-order valence-corrected chi connectivity index (χ4v) is 1.45. The van der Waals surface area contributed by atoms with Crippen LogP contribution >= 0.6 is 11.8 Å². The second-order valence-corrected chi connectivity index (χ2v) is 3.23. The van der Waals surface area contributed by atoms with E-state index in [1.54, 1.807) is 0 Å². The third-order valence-electron chi connectivity index (χ3n) is 1.02. The molecule has 0 unspecified atom stereocenters. The zero-order valence-corrected chi connectivity index (χ0v) is 6.85. The average molecular weight is 150 g/mol. The Bertz CT molecular complexity index is 42.2. The van der Waals surface area contributed by atoms with Crippen LogP contribution in [-0.4, -0.2) is 18.2 Å². The van der Waals surface area contributed by atoms with Gasteiger partial charge in [-0.3, -0.25) is 4.39 Å². The van der Waals surface area contributed by atoms with E-state index in [2.05, 4.69) is 6.92 Å². The zero-order valence-electron chi connectivity index (χ0n) is 6.03. The van der Waals surface area contributed by atoms with Gasteiger partial charge in [0, 0.05) is 0 Å². The number of hydrogen-bond acceptors (Lipinski definition) is 1. The Labute approximate surface area is 61.2 Å². The number of unbranched alkanes of at least 4 members (excludes halogenated alkanes) is 1. The van der Waals surface area contributed by atoms with Gasteiger partial charge in [-0.1, -0.05) is 6.92 Å². The van der Waals surface area contributed by atoms with E-state index in [1.165, 1.54) is 12.2 Å². The van der Waals surface area contributed by atoms with Gasteiger partial charge in [-0.2, -0.15) is 11.8 Å². The highest BCUT2D eigenvalue weighted by Gasteiger charge is 1.87. The topological polar surface area (TPSA) is 0 Å². The molecule has 0 aliphatic carbocycles. The smallest absolute Gasteiger partial charge is 0.0894 e. The quantitative estimate of drug-likeness (QED) is 0.525. The lowest BCUT2D eigenvalue weighted by molar-refractivity contribution is 0.470. The van der Waals surface area contributed by atoms with E-state index in [0.29, 0.717) is 0 Å². The molecule has 0 saturated heterocycles. The molecule has 0 amide bonds. The summed E-state index contributed by atoms with van der Waals surface area (Å²) in [5.41, 5.74) is 0. The summed E-state index contributed by atoms with van der Waals surface area (Å²) in [5, 5.41) is 0. The van der Waals surface area contributed by atoms with Gasteiger partial charge in [-0.25, -0.2) is 0 Å². The third kappa shape index (κ3) is 8.28. The van der Waals surface area contributed by atoms with E-state index in [-0.39, 0.29) is 6.67 Å². The van der Waals surface area contributed by atoms with E-state index in [1.807, 2.05) is 11.8 Å². The second-order valence-electron chi connectivity index (χ2n) is 2.01. The molecule has 2 heteroatoms. The van der Waals surface area contributed by atoms with Crippen molar-refractivity contribution in [3.63, 3.8) is 0 Å². The van der Waals surface area contributed by atoms with Gasteiger partial charge < -0.3 is 0 Å². The standard InChI is InChI=1S/C7H15FS/c1-2-6-9-7-4-3-5-8/h2-7H2,1H3. The summed E-state index contributed by atoms with van der Waals surface area (Å²) in [5.74, 6) is 2.37. The third-order valence-corrected chi connectivity index (χ3v) is 2.30. The summed E-state index contributed by atoms with van der Waals surface area (Å²) >= 11 is 1.93. The number of halogens is 1. The molecule has 0 bridgehead atoms. The molecule has 0 nitrogen and oxygen atoms in total. The van der Waals surface area contributed by atoms with Crippen LogP contribution in [0.15, 0.2) is 0 Å². The Morgan fingerprint density at radius 3 is 2.56 bits per heavy atom. The van der Waals surface area contributed by atoms with Gasteiger partial charge in [-0.15, -0.1) is 0 Å². The van der Waals surface area contributed by atoms with Crippen molar-refractivity contribution in [3.05, 3.63) is 0 Å². The van der Waals surface area contributed by atoms with Crippen molar-refractivity contribution in [2.75, 3.05) is 18.2 Å². The molecule has 0 radical (unpaired) electrons. The van der Waals surface area contributed by atoms with E-state index < -0.39 is 0 Å². The lowest BCUT2D eigenvalue weighted by Gasteiger charge is -1.95. The zero-order chi connectivity index (χ0) is 6.95. The first-order valence-electron chi connectivity index (χ1n) is 3.55. The van der Waals surface area contributed by atoms with Crippen molar-refractivity contribution in [2.45, 2.75) is 26.2 Å². The van der Waals surface area contributed by atoms with E-state index in [4.69, 9.17) is 0 Å². The first-order valence-corrected chi connectivity index (χ1v) is 4.71. The summed E-state index contributed by atoms with van der Waals surface area (Å²) < 4.78 is 11.5. The molecule has 0 atom stereocenters. The highest BCUT2D eigenvalue weighted by Crippen LogP contribution is 2.05. The SMILES string of the molecule is CCCSCCCCF. The summed E-state index contributed by atoms with van der Waals surface area (Å²) in [6.45, 7) is 2.02. The Balaban J connectivity index is 2.60. The van der Waals surface area contributed by atoms with Crippen LogP contribution in [0, 0.1) is 0 Å². The Morgan fingerprint density at radius 1 is 1.22 bits per heavy atom. The maximum atomic E-state index is 11.5. The fourth-order valence-electron chi connectivity index (χ4n) is 0.545. The summed E-state index contributed by atoms with van der Waals surface area (Å²) in [6, 6.07) is 0. The minimum absolute atomic E-state index is 0.146. The molecule has 56 valence electrons. The first kappa shape index (κ1) is 9.28. The van der Waals surface area contributed by atoms with Crippen LogP contribution < -0.4 is 0 Å². The predicted octanol–water partition coefficient (Wildman–Crippen LogP) is 2.88. The van der Waals surface area contributed by atoms with Crippen LogP contribution in [0.1, 0.15) is 26.2 Å². The highest BCUT2D eigenvalue weighted by molar-refractivity contribution is 7.99. The largest absolute Gasteiger partial charge is 0.251 e. The van der Waals surface area contributed by atoms with Gasteiger partial charge >= 0.3 is 0 Å². The van der Waals surface area contributed by atoms with Crippen LogP contribution in [0.2, 0.25) is 0 Å². The maximum absolute atomic E-state index is 11.5. The van der Waals surface area contributed by atoms with Crippen LogP contribution in [0.25, 0.3) is 0 Å². The Hall–Kier alpha value is 0.280. The minimum atomic E-state index is -0.146. The molecule has 0 aliphatic rings. The van der Waals surface area contributed by atoms with Gasteiger partial charge in [0.05, 0.1) is 6.67 Å². The lowest BCUT2D eigenvalue weighted by atomic mass is 10.4. The fraction of sp³-hybridized carbons (Fsp3) is 1.00. The summed E-state index contributed by atoms with van der Waals surface area (Å²) in [6.07, 6.45) is 3.03. The Kier molecular flexibility index (Phi) is 8.54. The van der Waals surface area contributed by atoms with Crippen LogP contribution in [0.3, 0.4) is 0 Å². The van der Waals surface area contributed by atoms with Gasteiger partial charge in [0.15, 0.2) is 0 Å².